The van der Waals surface area contributed by atoms with Crippen LogP contribution in [-0.2, 0) is 0 Å². The number of aryl methyl sites for hydroxylation is 1. The standard InChI is InChI=1S/C8H18.C5H6N2/c1-3-5-7-8-6-4-2;1-5-4-6-2-3-7-5/h3-8H2,1-2H3;2-4H,1H3. The molecule has 0 N–H and O–H groups in total. The Morgan fingerprint density at radius 1 is 0.933 bits per heavy atom. The largest absolute Gasteiger partial charge is 0.261 e. The lowest BCUT2D eigenvalue weighted by atomic mass is 10.1. The van der Waals surface area contributed by atoms with Crippen molar-refractivity contribution in [1.29, 1.82) is 0 Å². The van der Waals surface area contributed by atoms with Crippen LogP contribution in [0.15, 0.2) is 18.6 Å². The van der Waals surface area contributed by atoms with Crippen molar-refractivity contribution in [3.8, 4) is 0 Å². The van der Waals surface area contributed by atoms with Crippen molar-refractivity contribution < 1.29 is 0 Å². The van der Waals surface area contributed by atoms with E-state index < -0.39 is 0 Å². The van der Waals surface area contributed by atoms with Gasteiger partial charge in [0.1, 0.15) is 0 Å². The predicted octanol–water partition coefficient (Wildman–Crippen LogP) is 4.15. The summed E-state index contributed by atoms with van der Waals surface area (Å²) >= 11 is 0. The zero-order valence-corrected chi connectivity index (χ0v) is 10.4. The van der Waals surface area contributed by atoms with E-state index in [4.69, 9.17) is 0 Å². The van der Waals surface area contributed by atoms with Gasteiger partial charge in [0.2, 0.25) is 0 Å². The van der Waals surface area contributed by atoms with E-state index in [2.05, 4.69) is 23.8 Å². The van der Waals surface area contributed by atoms with Gasteiger partial charge in [-0.05, 0) is 6.92 Å². The van der Waals surface area contributed by atoms with Crippen LogP contribution in [-0.4, -0.2) is 9.97 Å². The Morgan fingerprint density at radius 2 is 1.53 bits per heavy atom. The molecule has 1 aromatic rings. The lowest BCUT2D eigenvalue weighted by Crippen LogP contribution is -1.77. The van der Waals surface area contributed by atoms with Crippen molar-refractivity contribution in [1.82, 2.24) is 9.97 Å². The van der Waals surface area contributed by atoms with Crippen LogP contribution >= 0.6 is 0 Å². The molecule has 0 spiro atoms. The van der Waals surface area contributed by atoms with Crippen LogP contribution in [0, 0.1) is 6.92 Å². The third kappa shape index (κ3) is 11.0. The Kier molecular flexibility index (Phi) is 10.5. The Hall–Kier alpha value is -0.920. The number of rotatable bonds is 5. The van der Waals surface area contributed by atoms with Gasteiger partial charge in [0, 0.05) is 18.6 Å². The van der Waals surface area contributed by atoms with Crippen molar-refractivity contribution in [2.45, 2.75) is 59.3 Å². The summed E-state index contributed by atoms with van der Waals surface area (Å²) in [5.41, 5.74) is 0.961. The zero-order chi connectivity index (χ0) is 11.4. The van der Waals surface area contributed by atoms with Crippen molar-refractivity contribution in [2.75, 3.05) is 0 Å². The number of nitrogens with zero attached hydrogens (tertiary/aromatic N) is 2. The number of hydrogen-bond acceptors (Lipinski definition) is 2. The first-order chi connectivity index (χ1) is 7.31. The maximum absolute atomic E-state index is 3.92. The maximum Gasteiger partial charge on any atom is 0.0555 e. The molecule has 0 saturated heterocycles. The smallest absolute Gasteiger partial charge is 0.0555 e. The molecule has 0 aromatic carbocycles. The highest BCUT2D eigenvalue weighted by Crippen LogP contribution is 2.03. The van der Waals surface area contributed by atoms with Crippen LogP contribution in [0.2, 0.25) is 0 Å². The van der Waals surface area contributed by atoms with Crippen LogP contribution in [0.25, 0.3) is 0 Å². The molecule has 0 unspecified atom stereocenters. The fraction of sp³-hybridized carbons (Fsp3) is 0.692. The van der Waals surface area contributed by atoms with E-state index in [1.165, 1.54) is 38.5 Å². The Morgan fingerprint density at radius 3 is 1.80 bits per heavy atom. The molecule has 2 nitrogen and oxygen atoms in total. The normalized spacial score (nSPS) is 9.27. The summed E-state index contributed by atoms with van der Waals surface area (Å²) in [4.78, 5) is 7.74. The second kappa shape index (κ2) is 11.2. The van der Waals surface area contributed by atoms with Crippen LogP contribution in [0.4, 0.5) is 0 Å². The quantitative estimate of drug-likeness (QED) is 0.679. The summed E-state index contributed by atoms with van der Waals surface area (Å²) in [5.74, 6) is 0. The minimum Gasteiger partial charge on any atom is -0.261 e. The minimum atomic E-state index is 0.961. The van der Waals surface area contributed by atoms with Gasteiger partial charge >= 0.3 is 0 Å². The van der Waals surface area contributed by atoms with Crippen LogP contribution in [0.5, 0.6) is 0 Å². The first kappa shape index (κ1) is 14.1. The molecule has 1 aromatic heterocycles. The van der Waals surface area contributed by atoms with Gasteiger partial charge in [0.15, 0.2) is 0 Å². The van der Waals surface area contributed by atoms with Gasteiger partial charge in [-0.2, -0.15) is 0 Å². The van der Waals surface area contributed by atoms with Gasteiger partial charge in [-0.1, -0.05) is 52.4 Å². The summed E-state index contributed by atoms with van der Waals surface area (Å²) in [7, 11) is 0. The molecule has 0 amide bonds. The first-order valence-electron chi connectivity index (χ1n) is 6.03. The average molecular weight is 208 g/mol. The van der Waals surface area contributed by atoms with E-state index in [1.54, 1.807) is 18.6 Å². The van der Waals surface area contributed by atoms with E-state index in [0.29, 0.717) is 0 Å². The Labute approximate surface area is 94.2 Å². The third-order valence-corrected chi connectivity index (χ3v) is 2.15. The summed E-state index contributed by atoms with van der Waals surface area (Å²) in [5, 5.41) is 0. The fourth-order valence-corrected chi connectivity index (χ4v) is 1.23. The van der Waals surface area contributed by atoms with Gasteiger partial charge in [-0.3, -0.25) is 9.97 Å². The molecular weight excluding hydrogens is 184 g/mol. The Bertz CT molecular complexity index is 203. The maximum atomic E-state index is 3.92. The molecule has 0 aliphatic rings. The van der Waals surface area contributed by atoms with Crippen molar-refractivity contribution >= 4 is 0 Å². The molecule has 0 fully saturated rings. The van der Waals surface area contributed by atoms with Crippen LogP contribution in [0.3, 0.4) is 0 Å². The molecule has 0 bridgehead atoms. The van der Waals surface area contributed by atoms with Gasteiger partial charge in [0.25, 0.3) is 0 Å². The topological polar surface area (TPSA) is 25.8 Å². The molecule has 15 heavy (non-hydrogen) atoms. The molecule has 0 aliphatic heterocycles. The fourth-order valence-electron chi connectivity index (χ4n) is 1.23. The van der Waals surface area contributed by atoms with E-state index in [-0.39, 0.29) is 0 Å². The number of hydrogen-bond donors (Lipinski definition) is 0. The highest BCUT2D eigenvalue weighted by Gasteiger charge is 1.83. The molecule has 2 heteroatoms. The van der Waals surface area contributed by atoms with Crippen molar-refractivity contribution in [2.24, 2.45) is 0 Å². The molecule has 1 rings (SSSR count). The summed E-state index contributed by atoms with van der Waals surface area (Å²) in [6.45, 7) is 6.42. The van der Waals surface area contributed by atoms with E-state index in [1.807, 2.05) is 6.92 Å². The monoisotopic (exact) mass is 208 g/mol. The lowest BCUT2D eigenvalue weighted by molar-refractivity contribution is 0.624. The average Bonchev–Trinajstić information content (AvgIpc) is 2.27. The highest BCUT2D eigenvalue weighted by molar-refractivity contribution is 4.88. The summed E-state index contributed by atoms with van der Waals surface area (Å²) in [6, 6.07) is 0. The molecule has 0 saturated carbocycles. The summed E-state index contributed by atoms with van der Waals surface area (Å²) < 4.78 is 0. The minimum absolute atomic E-state index is 0.961. The second-order valence-electron chi connectivity index (χ2n) is 3.76. The Balaban J connectivity index is 0.000000262. The second-order valence-corrected chi connectivity index (χ2v) is 3.76. The van der Waals surface area contributed by atoms with Gasteiger partial charge in [-0.15, -0.1) is 0 Å². The third-order valence-electron chi connectivity index (χ3n) is 2.15. The number of aromatic nitrogens is 2. The zero-order valence-electron chi connectivity index (χ0n) is 10.4. The lowest BCUT2D eigenvalue weighted by Gasteiger charge is -1.93. The van der Waals surface area contributed by atoms with Crippen LogP contribution in [0.1, 0.15) is 58.1 Å². The van der Waals surface area contributed by atoms with Gasteiger partial charge in [0.05, 0.1) is 5.69 Å². The van der Waals surface area contributed by atoms with E-state index >= 15 is 0 Å². The number of unbranched alkanes of at least 4 members (excludes halogenated alkanes) is 5. The van der Waals surface area contributed by atoms with E-state index in [0.717, 1.165) is 5.69 Å². The highest BCUT2D eigenvalue weighted by atomic mass is 14.7. The first-order valence-corrected chi connectivity index (χ1v) is 6.03. The molecular formula is C13H24N2. The predicted molar refractivity (Wildman–Crippen MR) is 65.8 cm³/mol. The summed E-state index contributed by atoms with van der Waals surface area (Å²) in [6.07, 6.45) is 13.5. The van der Waals surface area contributed by atoms with Crippen molar-refractivity contribution in [3.63, 3.8) is 0 Å². The van der Waals surface area contributed by atoms with E-state index in [9.17, 15) is 0 Å². The van der Waals surface area contributed by atoms with Crippen molar-refractivity contribution in [3.05, 3.63) is 24.3 Å². The van der Waals surface area contributed by atoms with Crippen LogP contribution < -0.4 is 0 Å². The molecule has 0 aliphatic carbocycles. The van der Waals surface area contributed by atoms with Gasteiger partial charge in [-0.25, -0.2) is 0 Å². The van der Waals surface area contributed by atoms with Gasteiger partial charge < -0.3 is 0 Å². The molecule has 0 radical (unpaired) electrons. The molecule has 0 atom stereocenters. The SMILES string of the molecule is CCCCCCCC.Cc1cnccn1. The molecule has 86 valence electrons. The molecule has 1 heterocycles.